The lowest BCUT2D eigenvalue weighted by atomic mass is 10.1. The Labute approximate surface area is 180 Å². The van der Waals surface area contributed by atoms with E-state index in [1.165, 1.54) is 0 Å². The van der Waals surface area contributed by atoms with Gasteiger partial charge in [0.25, 0.3) is 5.56 Å². The van der Waals surface area contributed by atoms with Crippen LogP contribution in [0.4, 0.5) is 0 Å². The van der Waals surface area contributed by atoms with Gasteiger partial charge in [0.05, 0.1) is 26.5 Å². The van der Waals surface area contributed by atoms with Gasteiger partial charge in [-0.1, -0.05) is 12.1 Å². The van der Waals surface area contributed by atoms with Crippen LogP contribution in [-0.4, -0.2) is 36.7 Å². The van der Waals surface area contributed by atoms with Crippen molar-refractivity contribution in [2.24, 2.45) is 0 Å². The van der Waals surface area contributed by atoms with E-state index in [9.17, 15) is 9.00 Å². The lowest BCUT2D eigenvalue weighted by Gasteiger charge is -2.25. The lowest BCUT2D eigenvalue weighted by Crippen LogP contribution is -2.32. The molecule has 6 nitrogen and oxygen atoms in total. The largest absolute Gasteiger partial charge is 0.295 e. The molecule has 0 saturated heterocycles. The summed E-state index contributed by atoms with van der Waals surface area (Å²) in [6.07, 6.45) is 2.50. The Hall–Kier alpha value is -2.55. The van der Waals surface area contributed by atoms with E-state index in [2.05, 4.69) is 15.0 Å². The van der Waals surface area contributed by atoms with Crippen LogP contribution < -0.4 is 5.56 Å². The van der Waals surface area contributed by atoms with E-state index in [1.54, 1.807) is 22.3 Å². The highest BCUT2D eigenvalue weighted by molar-refractivity contribution is 7.84. The van der Waals surface area contributed by atoms with Crippen LogP contribution in [0, 0.1) is 6.92 Å². The van der Waals surface area contributed by atoms with Gasteiger partial charge < -0.3 is 0 Å². The fourth-order valence-corrected chi connectivity index (χ4v) is 5.37. The maximum Gasteiger partial charge on any atom is 0.275 e. The van der Waals surface area contributed by atoms with Gasteiger partial charge in [-0.2, -0.15) is 0 Å². The van der Waals surface area contributed by atoms with Crippen molar-refractivity contribution in [2.45, 2.75) is 31.3 Å². The number of aromatic nitrogens is 3. The van der Waals surface area contributed by atoms with Crippen LogP contribution in [0.1, 0.15) is 21.8 Å². The summed E-state index contributed by atoms with van der Waals surface area (Å²) in [7, 11) is -0.965. The van der Waals surface area contributed by atoms with E-state index in [0.29, 0.717) is 6.54 Å². The van der Waals surface area contributed by atoms with Crippen LogP contribution >= 0.6 is 11.3 Å². The fraction of sp³-hybridized carbons (Fsp3) is 0.273. The molecule has 154 valence electrons. The molecule has 0 spiro atoms. The first-order chi connectivity index (χ1) is 14.5. The fourth-order valence-electron chi connectivity index (χ4n) is 3.99. The first-order valence-electron chi connectivity index (χ1n) is 9.83. The van der Waals surface area contributed by atoms with Gasteiger partial charge in [0.1, 0.15) is 0 Å². The van der Waals surface area contributed by atoms with Gasteiger partial charge in [-0.05, 0) is 42.8 Å². The lowest BCUT2D eigenvalue weighted by molar-refractivity contribution is 0.244. The minimum absolute atomic E-state index is 0.0204. The van der Waals surface area contributed by atoms with Crippen molar-refractivity contribution in [1.29, 1.82) is 0 Å². The Kier molecular flexibility index (Phi) is 4.92. The number of nitrogens with zero attached hydrogens (tertiary/aromatic N) is 3. The van der Waals surface area contributed by atoms with Crippen LogP contribution in [0.2, 0.25) is 0 Å². The molecule has 5 rings (SSSR count). The summed E-state index contributed by atoms with van der Waals surface area (Å²) in [5, 5.41) is 4.34. The normalized spacial score (nSPS) is 15.4. The van der Waals surface area contributed by atoms with Crippen molar-refractivity contribution in [2.75, 3.05) is 12.8 Å². The maximum atomic E-state index is 13.1. The molecule has 0 fully saturated rings. The van der Waals surface area contributed by atoms with Gasteiger partial charge >= 0.3 is 0 Å². The molecule has 0 bridgehead atoms. The summed E-state index contributed by atoms with van der Waals surface area (Å²) in [5.74, 6) is 0. The van der Waals surface area contributed by atoms with Gasteiger partial charge in [-0.25, -0.2) is 9.67 Å². The number of hydrogen-bond acceptors (Lipinski definition) is 5. The molecule has 4 aromatic rings. The summed E-state index contributed by atoms with van der Waals surface area (Å²) < 4.78 is 14.3. The number of hydrogen-bond donors (Lipinski definition) is 1. The number of thiazole rings is 1. The molecule has 8 heteroatoms. The minimum atomic E-state index is -0.965. The average Bonchev–Trinajstić information content (AvgIpc) is 3.27. The summed E-state index contributed by atoms with van der Waals surface area (Å²) >= 11 is 1.64. The van der Waals surface area contributed by atoms with Crippen LogP contribution in [0.5, 0.6) is 0 Å². The van der Waals surface area contributed by atoms with E-state index in [4.69, 9.17) is 0 Å². The van der Waals surface area contributed by atoms with Gasteiger partial charge in [-0.3, -0.25) is 19.0 Å². The second-order valence-corrected chi connectivity index (χ2v) is 10.3. The van der Waals surface area contributed by atoms with Gasteiger partial charge in [0.15, 0.2) is 0 Å². The Morgan fingerprint density at radius 3 is 2.77 bits per heavy atom. The first-order valence-corrected chi connectivity index (χ1v) is 12.2. The number of aryl methyl sites for hydroxylation is 1. The van der Waals surface area contributed by atoms with E-state index in [-0.39, 0.29) is 5.56 Å². The van der Waals surface area contributed by atoms with Crippen molar-refractivity contribution >= 4 is 32.4 Å². The van der Waals surface area contributed by atoms with Gasteiger partial charge in [-0.15, -0.1) is 11.3 Å². The molecule has 1 atom stereocenters. The van der Waals surface area contributed by atoms with E-state index in [0.717, 1.165) is 62.1 Å². The molecular formula is C22H22N4O2S2. The predicted molar refractivity (Wildman–Crippen MR) is 121 cm³/mol. The molecule has 0 radical (unpaired) electrons. The van der Waals surface area contributed by atoms with Crippen LogP contribution in [-0.2, 0) is 30.3 Å². The van der Waals surface area contributed by atoms with Crippen molar-refractivity contribution in [3.05, 3.63) is 74.6 Å². The number of H-pyrrole nitrogens is 1. The highest BCUT2D eigenvalue weighted by Gasteiger charge is 2.23. The molecule has 1 aliphatic heterocycles. The molecule has 1 N–H and O–H groups in total. The minimum Gasteiger partial charge on any atom is -0.295 e. The Morgan fingerprint density at radius 1 is 1.20 bits per heavy atom. The topological polar surface area (TPSA) is 71.0 Å². The molecule has 0 aliphatic carbocycles. The molecule has 0 saturated carbocycles. The maximum absolute atomic E-state index is 13.1. The number of benzene rings is 2. The Balaban J connectivity index is 1.39. The molecule has 0 amide bonds. The Morgan fingerprint density at radius 2 is 2.00 bits per heavy atom. The zero-order valence-electron chi connectivity index (χ0n) is 16.8. The van der Waals surface area contributed by atoms with Crippen molar-refractivity contribution in [3.8, 4) is 5.69 Å². The molecule has 3 heterocycles. The quantitative estimate of drug-likeness (QED) is 0.530. The molecular weight excluding hydrogens is 416 g/mol. The van der Waals surface area contributed by atoms with Crippen LogP contribution in [0.15, 0.2) is 52.2 Å². The van der Waals surface area contributed by atoms with Crippen molar-refractivity contribution in [1.82, 2.24) is 19.7 Å². The zero-order valence-corrected chi connectivity index (χ0v) is 18.5. The SMILES string of the molecule is Cc1nc2ccc(-n3[nH]c4c(c3=O)CN(Cc3ccc(S(C)=O)cc3)CC4)cc2s1. The molecule has 2 aromatic carbocycles. The van der Waals surface area contributed by atoms with Crippen LogP contribution in [0.3, 0.4) is 0 Å². The van der Waals surface area contributed by atoms with E-state index < -0.39 is 10.8 Å². The summed E-state index contributed by atoms with van der Waals surface area (Å²) in [6.45, 7) is 4.28. The summed E-state index contributed by atoms with van der Waals surface area (Å²) in [6, 6.07) is 13.8. The second-order valence-electron chi connectivity index (χ2n) is 7.65. The van der Waals surface area contributed by atoms with E-state index in [1.807, 2.05) is 49.4 Å². The Bertz CT molecular complexity index is 1320. The van der Waals surface area contributed by atoms with Gasteiger partial charge in [0, 0.05) is 53.7 Å². The van der Waals surface area contributed by atoms with Crippen molar-refractivity contribution in [3.63, 3.8) is 0 Å². The van der Waals surface area contributed by atoms with Gasteiger partial charge in [0.2, 0.25) is 0 Å². The second kappa shape index (κ2) is 7.61. The third-order valence-corrected chi connectivity index (χ3v) is 7.40. The highest BCUT2D eigenvalue weighted by Crippen LogP contribution is 2.24. The molecule has 30 heavy (non-hydrogen) atoms. The smallest absolute Gasteiger partial charge is 0.275 e. The summed E-state index contributed by atoms with van der Waals surface area (Å²) in [4.78, 5) is 20.8. The summed E-state index contributed by atoms with van der Waals surface area (Å²) in [5.41, 5.74) is 4.86. The number of nitrogens with one attached hydrogen (secondary N) is 1. The van der Waals surface area contributed by atoms with E-state index >= 15 is 0 Å². The molecule has 1 unspecified atom stereocenters. The standard InChI is InChI=1S/C22H22N4O2S2/c1-14-23-20-8-5-16(11-21(20)29-14)26-22(27)18-13-25(10-9-19(18)24-26)12-15-3-6-17(7-4-15)30(2)28/h3-8,11,24H,9-10,12-13H2,1-2H3. The third kappa shape index (κ3) is 3.55. The monoisotopic (exact) mass is 438 g/mol. The average molecular weight is 439 g/mol. The number of aromatic amines is 1. The number of rotatable bonds is 4. The van der Waals surface area contributed by atoms with Crippen molar-refractivity contribution < 1.29 is 4.21 Å². The first kappa shape index (κ1) is 19.4. The molecule has 2 aromatic heterocycles. The van der Waals surface area contributed by atoms with Crippen LogP contribution in [0.25, 0.3) is 15.9 Å². The third-order valence-electron chi connectivity index (χ3n) is 5.53. The molecule has 1 aliphatic rings. The predicted octanol–water partition coefficient (Wildman–Crippen LogP) is 3.38. The highest BCUT2D eigenvalue weighted by atomic mass is 32.2. The zero-order chi connectivity index (χ0) is 20.8. The number of fused-ring (bicyclic) bond motifs is 2.